The van der Waals surface area contributed by atoms with Crippen LogP contribution < -0.4 is 5.32 Å². The Bertz CT molecular complexity index is 338. The van der Waals surface area contributed by atoms with Crippen molar-refractivity contribution in [3.63, 3.8) is 0 Å². The van der Waals surface area contributed by atoms with Crippen LogP contribution in [0.4, 0.5) is 10.1 Å². The van der Waals surface area contributed by atoms with Crippen LogP contribution in [0.1, 0.15) is 12.0 Å². The van der Waals surface area contributed by atoms with Gasteiger partial charge in [0.15, 0.2) is 0 Å². The lowest BCUT2D eigenvalue weighted by molar-refractivity contribution is -0.116. The normalized spacial score (nSPS) is 15.2. The molecule has 3 nitrogen and oxygen atoms in total. The van der Waals surface area contributed by atoms with Gasteiger partial charge in [0.25, 0.3) is 0 Å². The number of hydrogen-bond donors (Lipinski definition) is 1. The van der Waals surface area contributed by atoms with Crippen LogP contribution in [0, 0.1) is 5.95 Å². The van der Waals surface area contributed by atoms with E-state index in [4.69, 9.17) is 0 Å². The molecule has 0 fully saturated rings. The van der Waals surface area contributed by atoms with Crippen LogP contribution in [0.5, 0.6) is 0 Å². The molecule has 2 heterocycles. The molecule has 0 radical (unpaired) electrons. The fourth-order valence-corrected chi connectivity index (χ4v) is 1.27. The molecule has 62 valence electrons. The van der Waals surface area contributed by atoms with E-state index in [1.54, 1.807) is 6.07 Å². The molecule has 0 saturated heterocycles. The Kier molecular flexibility index (Phi) is 1.53. The minimum absolute atomic E-state index is 0.0619. The highest BCUT2D eigenvalue weighted by molar-refractivity contribution is 5.93. The number of halogens is 1. The topological polar surface area (TPSA) is 42.0 Å². The van der Waals surface area contributed by atoms with Gasteiger partial charge in [-0.05, 0) is 12.5 Å². The van der Waals surface area contributed by atoms with Crippen molar-refractivity contribution in [1.29, 1.82) is 0 Å². The third kappa shape index (κ3) is 1.05. The fourth-order valence-electron chi connectivity index (χ4n) is 1.27. The predicted molar refractivity (Wildman–Crippen MR) is 41.1 cm³/mol. The number of pyridine rings is 1. The molecule has 12 heavy (non-hydrogen) atoms. The summed E-state index contributed by atoms with van der Waals surface area (Å²) in [6.45, 7) is 0. The van der Waals surface area contributed by atoms with E-state index in [0.29, 0.717) is 24.1 Å². The van der Waals surface area contributed by atoms with Gasteiger partial charge >= 0.3 is 0 Å². The lowest BCUT2D eigenvalue weighted by atomic mass is 10.1. The van der Waals surface area contributed by atoms with Gasteiger partial charge in [-0.2, -0.15) is 4.39 Å². The van der Waals surface area contributed by atoms with Crippen molar-refractivity contribution in [3.8, 4) is 0 Å². The monoisotopic (exact) mass is 166 g/mol. The summed E-state index contributed by atoms with van der Waals surface area (Å²) in [5, 5.41) is 2.58. The first-order chi connectivity index (χ1) is 5.77. The summed E-state index contributed by atoms with van der Waals surface area (Å²) in [6, 6.07) is 1.61. The zero-order chi connectivity index (χ0) is 8.55. The zero-order valence-corrected chi connectivity index (χ0v) is 6.30. The van der Waals surface area contributed by atoms with Crippen molar-refractivity contribution >= 4 is 11.6 Å². The van der Waals surface area contributed by atoms with E-state index in [2.05, 4.69) is 10.3 Å². The molecule has 0 bridgehead atoms. The summed E-state index contributed by atoms with van der Waals surface area (Å²) in [5.41, 5.74) is 1.07. The van der Waals surface area contributed by atoms with E-state index in [0.717, 1.165) is 0 Å². The average Bonchev–Trinajstić information content (AvgIpc) is 2.04. The van der Waals surface area contributed by atoms with Gasteiger partial charge in [-0.25, -0.2) is 4.98 Å². The maximum absolute atomic E-state index is 12.9. The van der Waals surface area contributed by atoms with Crippen molar-refractivity contribution < 1.29 is 9.18 Å². The molecular formula is C8H7FN2O. The molecule has 0 unspecified atom stereocenters. The average molecular weight is 166 g/mol. The van der Waals surface area contributed by atoms with Gasteiger partial charge in [0, 0.05) is 23.9 Å². The first-order valence-corrected chi connectivity index (χ1v) is 3.70. The predicted octanol–water partition coefficient (Wildman–Crippen LogP) is 1.11. The molecule has 0 aliphatic carbocycles. The highest BCUT2D eigenvalue weighted by atomic mass is 19.1. The first-order valence-electron chi connectivity index (χ1n) is 3.70. The molecular weight excluding hydrogens is 159 g/mol. The molecule has 1 aromatic heterocycles. The third-order valence-corrected chi connectivity index (χ3v) is 1.88. The van der Waals surface area contributed by atoms with Gasteiger partial charge in [0.1, 0.15) is 0 Å². The standard InChI is InChI=1S/C8H7FN2O/c9-8-5-1-2-7(12)11-6(5)3-4-10-8/h3-4H,1-2H2,(H,11,12). The zero-order valence-electron chi connectivity index (χ0n) is 6.30. The molecule has 1 aliphatic rings. The Balaban J connectivity index is 2.48. The van der Waals surface area contributed by atoms with Gasteiger partial charge in [0.05, 0.1) is 0 Å². The molecule has 0 atom stereocenters. The number of nitrogens with zero attached hydrogens (tertiary/aromatic N) is 1. The summed E-state index contributed by atoms with van der Waals surface area (Å²) in [6.07, 6.45) is 2.14. The second-order valence-electron chi connectivity index (χ2n) is 2.68. The molecule has 1 amide bonds. The van der Waals surface area contributed by atoms with Crippen molar-refractivity contribution in [3.05, 3.63) is 23.8 Å². The Morgan fingerprint density at radius 3 is 3.17 bits per heavy atom. The van der Waals surface area contributed by atoms with Crippen molar-refractivity contribution in [2.45, 2.75) is 12.8 Å². The molecule has 2 rings (SSSR count). The van der Waals surface area contributed by atoms with Gasteiger partial charge in [-0.1, -0.05) is 0 Å². The Labute approximate surface area is 68.6 Å². The Hall–Kier alpha value is -1.45. The van der Waals surface area contributed by atoms with Crippen molar-refractivity contribution in [2.24, 2.45) is 0 Å². The molecule has 0 aromatic carbocycles. The number of carbonyl (C=O) groups excluding carboxylic acids is 1. The van der Waals surface area contributed by atoms with E-state index in [1.807, 2.05) is 0 Å². The van der Waals surface area contributed by atoms with Crippen LogP contribution in [-0.2, 0) is 11.2 Å². The second-order valence-corrected chi connectivity index (χ2v) is 2.68. The molecule has 1 aliphatic heterocycles. The molecule has 1 aromatic rings. The number of amides is 1. The van der Waals surface area contributed by atoms with Crippen LogP contribution in [0.2, 0.25) is 0 Å². The first kappa shape index (κ1) is 7.21. The van der Waals surface area contributed by atoms with E-state index >= 15 is 0 Å². The highest BCUT2D eigenvalue weighted by Gasteiger charge is 2.17. The van der Waals surface area contributed by atoms with Gasteiger partial charge in [-0.15, -0.1) is 0 Å². The van der Waals surface area contributed by atoms with Crippen LogP contribution in [0.25, 0.3) is 0 Å². The van der Waals surface area contributed by atoms with Gasteiger partial charge < -0.3 is 5.32 Å². The van der Waals surface area contributed by atoms with Crippen LogP contribution in [-0.4, -0.2) is 10.9 Å². The number of anilines is 1. The SMILES string of the molecule is O=C1CCc2c(ccnc2F)N1. The molecule has 4 heteroatoms. The third-order valence-electron chi connectivity index (χ3n) is 1.88. The number of hydrogen-bond acceptors (Lipinski definition) is 2. The molecule has 0 saturated carbocycles. The number of rotatable bonds is 0. The maximum Gasteiger partial charge on any atom is 0.224 e. The van der Waals surface area contributed by atoms with Crippen molar-refractivity contribution in [1.82, 2.24) is 4.98 Å². The number of aromatic nitrogens is 1. The summed E-state index contributed by atoms with van der Waals surface area (Å²) >= 11 is 0. The van der Waals surface area contributed by atoms with E-state index in [-0.39, 0.29) is 5.91 Å². The quantitative estimate of drug-likeness (QED) is 0.586. The molecule has 0 spiro atoms. The number of nitrogens with one attached hydrogen (secondary N) is 1. The van der Waals surface area contributed by atoms with Crippen LogP contribution >= 0.6 is 0 Å². The Morgan fingerprint density at radius 2 is 2.33 bits per heavy atom. The second kappa shape index (κ2) is 2.55. The van der Waals surface area contributed by atoms with Crippen molar-refractivity contribution in [2.75, 3.05) is 5.32 Å². The van der Waals surface area contributed by atoms with Crippen LogP contribution in [0.3, 0.4) is 0 Å². The van der Waals surface area contributed by atoms with E-state index < -0.39 is 5.95 Å². The highest BCUT2D eigenvalue weighted by Crippen LogP contribution is 2.22. The lowest BCUT2D eigenvalue weighted by Gasteiger charge is -2.15. The van der Waals surface area contributed by atoms with E-state index in [9.17, 15) is 9.18 Å². The van der Waals surface area contributed by atoms with Gasteiger partial charge in [-0.3, -0.25) is 4.79 Å². The van der Waals surface area contributed by atoms with E-state index in [1.165, 1.54) is 6.20 Å². The summed E-state index contributed by atoms with van der Waals surface area (Å²) < 4.78 is 12.9. The minimum atomic E-state index is -0.479. The maximum atomic E-state index is 12.9. The smallest absolute Gasteiger partial charge is 0.224 e. The lowest BCUT2D eigenvalue weighted by Crippen LogP contribution is -2.20. The number of carbonyl (C=O) groups is 1. The fraction of sp³-hybridized carbons (Fsp3) is 0.250. The Morgan fingerprint density at radius 1 is 1.50 bits per heavy atom. The molecule has 1 N–H and O–H groups in total. The summed E-state index contributed by atoms with van der Waals surface area (Å²) in [7, 11) is 0. The number of fused-ring (bicyclic) bond motifs is 1. The van der Waals surface area contributed by atoms with Gasteiger partial charge in [0.2, 0.25) is 11.9 Å². The largest absolute Gasteiger partial charge is 0.326 e. The van der Waals surface area contributed by atoms with Crippen LogP contribution in [0.15, 0.2) is 12.3 Å². The minimum Gasteiger partial charge on any atom is -0.326 e. The summed E-state index contributed by atoms with van der Waals surface area (Å²) in [5.74, 6) is -0.541. The summed E-state index contributed by atoms with van der Waals surface area (Å²) in [4.78, 5) is 14.4.